The van der Waals surface area contributed by atoms with Crippen LogP contribution in [0.4, 0.5) is 13.2 Å². The zero-order chi connectivity index (χ0) is 14.1. The Morgan fingerprint density at radius 3 is 2.53 bits per heavy atom. The van der Waals surface area contributed by atoms with Gasteiger partial charge in [0.1, 0.15) is 5.78 Å². The molecule has 0 bridgehead atoms. The predicted molar refractivity (Wildman–Crippen MR) is 65.9 cm³/mol. The molecular weight excluding hydrogens is 259 g/mol. The third-order valence-electron chi connectivity index (χ3n) is 3.31. The van der Waals surface area contributed by atoms with Gasteiger partial charge >= 0.3 is 6.18 Å². The third-order valence-corrected chi connectivity index (χ3v) is 3.31. The van der Waals surface area contributed by atoms with Gasteiger partial charge in [-0.3, -0.25) is 4.79 Å². The van der Waals surface area contributed by atoms with E-state index in [0.29, 0.717) is 12.3 Å². The van der Waals surface area contributed by atoms with Crippen LogP contribution in [-0.4, -0.2) is 38.3 Å². The van der Waals surface area contributed by atoms with Gasteiger partial charge in [0.05, 0.1) is 13.1 Å². The number of ether oxygens (including phenoxy) is 1. The van der Waals surface area contributed by atoms with E-state index in [1.54, 1.807) is 0 Å². The maximum atomic E-state index is 11.8. The minimum absolute atomic E-state index is 0.142. The van der Waals surface area contributed by atoms with Crippen LogP contribution in [0, 0.1) is 5.92 Å². The summed E-state index contributed by atoms with van der Waals surface area (Å²) in [6, 6.07) is 0. The number of halogens is 3. The Morgan fingerprint density at radius 1 is 1.21 bits per heavy atom. The van der Waals surface area contributed by atoms with E-state index < -0.39 is 12.7 Å². The Labute approximate surface area is 111 Å². The van der Waals surface area contributed by atoms with Gasteiger partial charge in [-0.1, -0.05) is 12.8 Å². The second-order valence-electron chi connectivity index (χ2n) is 5.06. The molecule has 0 radical (unpaired) electrons. The van der Waals surface area contributed by atoms with Gasteiger partial charge in [0, 0.05) is 19.6 Å². The SMILES string of the molecule is O=C(CCCCC1CCOCC1)CNCC(F)(F)F. The molecular formula is C13H22F3NO2. The summed E-state index contributed by atoms with van der Waals surface area (Å²) in [7, 11) is 0. The number of hydrogen-bond donors (Lipinski definition) is 1. The maximum absolute atomic E-state index is 11.8. The van der Waals surface area contributed by atoms with E-state index in [0.717, 1.165) is 45.3 Å². The van der Waals surface area contributed by atoms with Gasteiger partial charge in [0.2, 0.25) is 0 Å². The van der Waals surface area contributed by atoms with Crippen LogP contribution in [0.1, 0.15) is 38.5 Å². The van der Waals surface area contributed by atoms with Crippen LogP contribution < -0.4 is 5.32 Å². The molecule has 112 valence electrons. The Kier molecular flexibility index (Phi) is 7.38. The number of rotatable bonds is 8. The number of nitrogens with one attached hydrogen (secondary N) is 1. The van der Waals surface area contributed by atoms with Crippen molar-refractivity contribution in [3.63, 3.8) is 0 Å². The lowest BCUT2D eigenvalue weighted by Gasteiger charge is -2.21. The van der Waals surface area contributed by atoms with Crippen LogP contribution in [0.2, 0.25) is 0 Å². The molecule has 0 aromatic heterocycles. The molecule has 0 unspecified atom stereocenters. The van der Waals surface area contributed by atoms with Crippen LogP contribution in [0.5, 0.6) is 0 Å². The normalized spacial score (nSPS) is 17.6. The number of carbonyl (C=O) groups is 1. The summed E-state index contributed by atoms with van der Waals surface area (Å²) in [6.45, 7) is 0.369. The van der Waals surface area contributed by atoms with Gasteiger partial charge in [-0.25, -0.2) is 0 Å². The van der Waals surface area contributed by atoms with Crippen molar-refractivity contribution in [3.8, 4) is 0 Å². The lowest BCUT2D eigenvalue weighted by Crippen LogP contribution is -2.32. The van der Waals surface area contributed by atoms with Crippen molar-refractivity contribution in [2.75, 3.05) is 26.3 Å². The molecule has 1 N–H and O–H groups in total. The average Bonchev–Trinajstić information content (AvgIpc) is 2.34. The molecule has 0 atom stereocenters. The molecule has 19 heavy (non-hydrogen) atoms. The zero-order valence-electron chi connectivity index (χ0n) is 11.1. The zero-order valence-corrected chi connectivity index (χ0v) is 11.1. The molecule has 6 heteroatoms. The van der Waals surface area contributed by atoms with E-state index in [4.69, 9.17) is 4.74 Å². The van der Waals surface area contributed by atoms with E-state index in [-0.39, 0.29) is 12.3 Å². The van der Waals surface area contributed by atoms with Crippen molar-refractivity contribution in [3.05, 3.63) is 0 Å². The van der Waals surface area contributed by atoms with Crippen molar-refractivity contribution in [2.45, 2.75) is 44.7 Å². The summed E-state index contributed by atoms with van der Waals surface area (Å²) in [5.41, 5.74) is 0. The summed E-state index contributed by atoms with van der Waals surface area (Å²) in [5.74, 6) is 0.545. The highest BCUT2D eigenvalue weighted by atomic mass is 19.4. The Balaban J connectivity index is 1.95. The van der Waals surface area contributed by atoms with Crippen molar-refractivity contribution < 1.29 is 22.7 Å². The first kappa shape index (κ1) is 16.4. The number of carbonyl (C=O) groups excluding carboxylic acids is 1. The number of hydrogen-bond acceptors (Lipinski definition) is 3. The van der Waals surface area contributed by atoms with Crippen LogP contribution in [0.25, 0.3) is 0 Å². The highest BCUT2D eigenvalue weighted by Gasteiger charge is 2.26. The van der Waals surface area contributed by atoms with Gasteiger partial charge in [0.25, 0.3) is 0 Å². The third kappa shape index (κ3) is 8.99. The lowest BCUT2D eigenvalue weighted by atomic mass is 9.93. The highest BCUT2D eigenvalue weighted by Crippen LogP contribution is 2.21. The molecule has 1 aliphatic heterocycles. The lowest BCUT2D eigenvalue weighted by molar-refractivity contribution is -0.127. The monoisotopic (exact) mass is 281 g/mol. The first-order valence-corrected chi connectivity index (χ1v) is 6.84. The molecule has 1 heterocycles. The topological polar surface area (TPSA) is 38.3 Å². The molecule has 0 saturated carbocycles. The van der Waals surface area contributed by atoms with Gasteiger partial charge in [-0.15, -0.1) is 0 Å². The molecule has 1 aliphatic rings. The van der Waals surface area contributed by atoms with E-state index in [2.05, 4.69) is 5.32 Å². The number of unbranched alkanes of at least 4 members (excludes halogenated alkanes) is 1. The molecule has 1 saturated heterocycles. The molecule has 1 rings (SSSR count). The molecule has 3 nitrogen and oxygen atoms in total. The highest BCUT2D eigenvalue weighted by molar-refractivity contribution is 5.80. The summed E-state index contributed by atoms with van der Waals surface area (Å²) in [6.07, 6.45) is 1.12. The van der Waals surface area contributed by atoms with E-state index >= 15 is 0 Å². The fourth-order valence-electron chi connectivity index (χ4n) is 2.22. The quantitative estimate of drug-likeness (QED) is 0.695. The first-order valence-electron chi connectivity index (χ1n) is 6.84. The molecule has 0 spiro atoms. The van der Waals surface area contributed by atoms with Gasteiger partial charge in [0.15, 0.2) is 0 Å². The van der Waals surface area contributed by atoms with Gasteiger partial charge < -0.3 is 10.1 Å². The first-order chi connectivity index (χ1) is 8.97. The number of alkyl halides is 3. The van der Waals surface area contributed by atoms with E-state index in [1.165, 1.54) is 0 Å². The van der Waals surface area contributed by atoms with Crippen LogP contribution in [-0.2, 0) is 9.53 Å². The standard InChI is InChI=1S/C13H22F3NO2/c14-13(15,16)10-17-9-12(18)4-2-1-3-11-5-7-19-8-6-11/h11,17H,1-10H2. The Hall–Kier alpha value is -0.620. The minimum atomic E-state index is -4.25. The van der Waals surface area contributed by atoms with Crippen LogP contribution in [0.3, 0.4) is 0 Å². The second kappa shape index (κ2) is 8.53. The van der Waals surface area contributed by atoms with Crippen molar-refractivity contribution in [2.24, 2.45) is 5.92 Å². The fourth-order valence-corrected chi connectivity index (χ4v) is 2.22. The van der Waals surface area contributed by atoms with E-state index in [1.807, 2.05) is 0 Å². The largest absolute Gasteiger partial charge is 0.401 e. The molecule has 0 aromatic carbocycles. The van der Waals surface area contributed by atoms with Gasteiger partial charge in [-0.2, -0.15) is 13.2 Å². The summed E-state index contributed by atoms with van der Waals surface area (Å²) >= 11 is 0. The summed E-state index contributed by atoms with van der Waals surface area (Å²) in [5, 5.41) is 2.12. The predicted octanol–water partition coefficient (Wildman–Crippen LogP) is 2.69. The fraction of sp³-hybridized carbons (Fsp3) is 0.923. The number of Topliss-reactive ketones (excluding diaryl/α,β-unsaturated/α-hetero) is 1. The summed E-state index contributed by atoms with van der Waals surface area (Å²) < 4.78 is 40.8. The molecule has 0 aliphatic carbocycles. The van der Waals surface area contributed by atoms with Crippen LogP contribution in [0.15, 0.2) is 0 Å². The smallest absolute Gasteiger partial charge is 0.381 e. The molecule has 0 aromatic rings. The minimum Gasteiger partial charge on any atom is -0.381 e. The van der Waals surface area contributed by atoms with E-state index in [9.17, 15) is 18.0 Å². The van der Waals surface area contributed by atoms with Crippen LogP contribution >= 0.6 is 0 Å². The Bertz CT molecular complexity index is 263. The Morgan fingerprint density at radius 2 is 1.89 bits per heavy atom. The summed E-state index contributed by atoms with van der Waals surface area (Å²) in [4.78, 5) is 11.3. The van der Waals surface area contributed by atoms with Crippen molar-refractivity contribution in [1.82, 2.24) is 5.32 Å². The maximum Gasteiger partial charge on any atom is 0.401 e. The molecule has 0 amide bonds. The van der Waals surface area contributed by atoms with Gasteiger partial charge in [-0.05, 0) is 25.2 Å². The van der Waals surface area contributed by atoms with Crippen molar-refractivity contribution >= 4 is 5.78 Å². The number of ketones is 1. The molecule has 1 fully saturated rings. The average molecular weight is 281 g/mol. The van der Waals surface area contributed by atoms with Crippen molar-refractivity contribution in [1.29, 1.82) is 0 Å². The second-order valence-corrected chi connectivity index (χ2v) is 5.06.